The van der Waals surface area contributed by atoms with Crippen LogP contribution >= 0.6 is 11.3 Å². The second-order valence-electron chi connectivity index (χ2n) is 4.68. The molecule has 2 N–H and O–H groups in total. The van der Waals surface area contributed by atoms with Gasteiger partial charge in [-0.15, -0.1) is 0 Å². The van der Waals surface area contributed by atoms with E-state index >= 15 is 0 Å². The molecule has 1 aliphatic rings. The predicted molar refractivity (Wildman–Crippen MR) is 80.6 cm³/mol. The van der Waals surface area contributed by atoms with Crippen molar-refractivity contribution in [2.24, 2.45) is 0 Å². The van der Waals surface area contributed by atoms with Gasteiger partial charge >= 0.3 is 11.8 Å². The fourth-order valence-electron chi connectivity index (χ4n) is 1.97. The summed E-state index contributed by atoms with van der Waals surface area (Å²) in [5, 5.41) is 8.99. The summed E-state index contributed by atoms with van der Waals surface area (Å²) in [6.07, 6.45) is 0. The first-order chi connectivity index (χ1) is 10.7. The summed E-state index contributed by atoms with van der Waals surface area (Å²) in [6.45, 7) is 0.803. The highest BCUT2D eigenvalue weighted by atomic mass is 32.1. The molecule has 2 heterocycles. The van der Waals surface area contributed by atoms with Crippen molar-refractivity contribution in [3.05, 3.63) is 46.2 Å². The van der Waals surface area contributed by atoms with Crippen LogP contribution < -0.4 is 20.1 Å². The van der Waals surface area contributed by atoms with E-state index in [1.807, 2.05) is 22.9 Å². The number of nitrogens with one attached hydrogen (secondary N) is 2. The van der Waals surface area contributed by atoms with Crippen LogP contribution in [0.4, 0.5) is 0 Å². The second-order valence-corrected chi connectivity index (χ2v) is 5.46. The number of carbonyl (C=O) groups is 2. The molecular weight excluding hydrogens is 304 g/mol. The quantitative estimate of drug-likeness (QED) is 0.836. The van der Waals surface area contributed by atoms with Crippen LogP contribution in [0.1, 0.15) is 11.1 Å². The molecule has 0 unspecified atom stereocenters. The molecule has 0 atom stereocenters. The smallest absolute Gasteiger partial charge is 0.309 e. The number of ether oxygens (including phenoxy) is 2. The van der Waals surface area contributed by atoms with Crippen molar-refractivity contribution in [3.63, 3.8) is 0 Å². The maximum atomic E-state index is 11.7. The molecule has 7 heteroatoms. The van der Waals surface area contributed by atoms with Gasteiger partial charge in [-0.2, -0.15) is 11.3 Å². The van der Waals surface area contributed by atoms with Crippen LogP contribution in [0.5, 0.6) is 11.5 Å². The molecule has 0 saturated carbocycles. The zero-order valence-electron chi connectivity index (χ0n) is 11.6. The van der Waals surface area contributed by atoms with E-state index in [1.54, 1.807) is 23.5 Å². The zero-order valence-corrected chi connectivity index (χ0v) is 12.4. The SMILES string of the molecule is O=C(NCc1ccsc1)C(=O)NCc1ccc2c(c1)OCO2. The lowest BCUT2D eigenvalue weighted by molar-refractivity contribution is -0.139. The topological polar surface area (TPSA) is 76.7 Å². The Morgan fingerprint density at radius 3 is 2.45 bits per heavy atom. The first-order valence-electron chi connectivity index (χ1n) is 6.68. The molecule has 3 rings (SSSR count). The van der Waals surface area contributed by atoms with Crippen molar-refractivity contribution >= 4 is 23.2 Å². The monoisotopic (exact) mass is 318 g/mol. The number of hydrogen-bond acceptors (Lipinski definition) is 5. The Labute approximate surface area is 131 Å². The molecule has 114 valence electrons. The van der Waals surface area contributed by atoms with Crippen LogP contribution in [-0.4, -0.2) is 18.6 Å². The van der Waals surface area contributed by atoms with E-state index in [9.17, 15) is 9.59 Å². The van der Waals surface area contributed by atoms with Crippen molar-refractivity contribution in [1.29, 1.82) is 0 Å². The van der Waals surface area contributed by atoms with Gasteiger partial charge in [0.1, 0.15) is 0 Å². The Kier molecular flexibility index (Phi) is 4.24. The summed E-state index contributed by atoms with van der Waals surface area (Å²) in [5.41, 5.74) is 1.81. The van der Waals surface area contributed by atoms with E-state index in [2.05, 4.69) is 10.6 Å². The van der Waals surface area contributed by atoms with Gasteiger partial charge in [0, 0.05) is 13.1 Å². The molecule has 2 amide bonds. The van der Waals surface area contributed by atoms with E-state index in [0.717, 1.165) is 11.1 Å². The Balaban J connectivity index is 1.48. The molecule has 2 aromatic rings. The molecule has 1 aromatic heterocycles. The van der Waals surface area contributed by atoms with Gasteiger partial charge in [0.05, 0.1) is 0 Å². The molecule has 0 bridgehead atoms. The third-order valence-corrected chi connectivity index (χ3v) is 3.86. The van der Waals surface area contributed by atoms with Crippen LogP contribution in [0.25, 0.3) is 0 Å². The van der Waals surface area contributed by atoms with Crippen molar-refractivity contribution in [3.8, 4) is 11.5 Å². The minimum absolute atomic E-state index is 0.204. The predicted octanol–water partition coefficient (Wildman–Crippen LogP) is 1.41. The molecule has 0 radical (unpaired) electrons. The van der Waals surface area contributed by atoms with E-state index in [4.69, 9.17) is 9.47 Å². The first-order valence-corrected chi connectivity index (χ1v) is 7.62. The van der Waals surface area contributed by atoms with E-state index in [-0.39, 0.29) is 13.3 Å². The number of carbonyl (C=O) groups excluding carboxylic acids is 2. The number of benzene rings is 1. The van der Waals surface area contributed by atoms with Gasteiger partial charge in [-0.1, -0.05) is 6.07 Å². The molecule has 0 spiro atoms. The largest absolute Gasteiger partial charge is 0.454 e. The molecule has 1 aromatic carbocycles. The lowest BCUT2D eigenvalue weighted by Gasteiger charge is -2.06. The van der Waals surface area contributed by atoms with Crippen molar-refractivity contribution in [1.82, 2.24) is 10.6 Å². The van der Waals surface area contributed by atoms with E-state index < -0.39 is 11.8 Å². The number of fused-ring (bicyclic) bond motifs is 1. The Bertz CT molecular complexity index is 685. The molecule has 22 heavy (non-hydrogen) atoms. The standard InChI is InChI=1S/C15H14N2O4S/c18-14(15(19)17-7-11-3-4-22-8-11)16-6-10-1-2-12-13(5-10)21-9-20-12/h1-5,8H,6-7,9H2,(H,16,18)(H,17,19). The van der Waals surface area contributed by atoms with Gasteiger partial charge in [-0.05, 0) is 40.1 Å². The zero-order chi connectivity index (χ0) is 15.4. The van der Waals surface area contributed by atoms with Crippen LogP contribution in [0.2, 0.25) is 0 Å². The molecule has 0 saturated heterocycles. The first kappa shape index (κ1) is 14.4. The molecule has 0 aliphatic carbocycles. The van der Waals surface area contributed by atoms with Gasteiger partial charge in [0.25, 0.3) is 0 Å². The normalized spacial score (nSPS) is 12.0. The summed E-state index contributed by atoms with van der Waals surface area (Å²) in [7, 11) is 0. The summed E-state index contributed by atoms with van der Waals surface area (Å²) >= 11 is 1.54. The number of hydrogen-bond donors (Lipinski definition) is 2. The second kappa shape index (κ2) is 6.48. The van der Waals surface area contributed by atoms with Crippen LogP contribution in [0.3, 0.4) is 0 Å². The Hall–Kier alpha value is -2.54. The van der Waals surface area contributed by atoms with E-state index in [1.165, 1.54) is 0 Å². The summed E-state index contributed by atoms with van der Waals surface area (Å²) < 4.78 is 10.5. The average molecular weight is 318 g/mol. The van der Waals surface area contributed by atoms with Gasteiger partial charge in [-0.3, -0.25) is 9.59 Å². The van der Waals surface area contributed by atoms with Gasteiger partial charge in [-0.25, -0.2) is 0 Å². The molecule has 1 aliphatic heterocycles. The van der Waals surface area contributed by atoms with Crippen molar-refractivity contribution in [2.45, 2.75) is 13.1 Å². The van der Waals surface area contributed by atoms with Crippen LogP contribution in [0.15, 0.2) is 35.0 Å². The van der Waals surface area contributed by atoms with Crippen molar-refractivity contribution < 1.29 is 19.1 Å². The fraction of sp³-hybridized carbons (Fsp3) is 0.200. The highest BCUT2D eigenvalue weighted by Gasteiger charge is 2.15. The van der Waals surface area contributed by atoms with Crippen molar-refractivity contribution in [2.75, 3.05) is 6.79 Å². The fourth-order valence-corrected chi connectivity index (χ4v) is 2.64. The van der Waals surface area contributed by atoms with E-state index in [0.29, 0.717) is 18.0 Å². The molecule has 0 fully saturated rings. The Morgan fingerprint density at radius 2 is 1.73 bits per heavy atom. The maximum absolute atomic E-state index is 11.7. The maximum Gasteiger partial charge on any atom is 0.309 e. The van der Waals surface area contributed by atoms with Crippen LogP contribution in [0, 0.1) is 0 Å². The number of thiophene rings is 1. The summed E-state index contributed by atoms with van der Waals surface area (Å²) in [5.74, 6) is 0.0251. The van der Waals surface area contributed by atoms with Gasteiger partial charge in [0.15, 0.2) is 11.5 Å². The Morgan fingerprint density at radius 1 is 1.00 bits per heavy atom. The average Bonchev–Trinajstić information content (AvgIpc) is 3.20. The minimum atomic E-state index is -0.659. The highest BCUT2D eigenvalue weighted by Crippen LogP contribution is 2.32. The third kappa shape index (κ3) is 3.37. The number of rotatable bonds is 4. The summed E-state index contributed by atoms with van der Waals surface area (Å²) in [4.78, 5) is 23.4. The highest BCUT2D eigenvalue weighted by molar-refractivity contribution is 7.07. The van der Waals surface area contributed by atoms with Gasteiger partial charge in [0.2, 0.25) is 6.79 Å². The lowest BCUT2D eigenvalue weighted by atomic mass is 10.2. The third-order valence-electron chi connectivity index (χ3n) is 3.13. The lowest BCUT2D eigenvalue weighted by Crippen LogP contribution is -2.39. The number of amides is 2. The minimum Gasteiger partial charge on any atom is -0.454 e. The molecule has 6 nitrogen and oxygen atoms in total. The molecular formula is C15H14N2O4S. The van der Waals surface area contributed by atoms with Crippen LogP contribution in [-0.2, 0) is 22.7 Å². The van der Waals surface area contributed by atoms with Gasteiger partial charge < -0.3 is 20.1 Å². The summed E-state index contributed by atoms with van der Waals surface area (Å²) in [6, 6.07) is 7.28.